The van der Waals surface area contributed by atoms with Gasteiger partial charge in [-0.1, -0.05) is 17.3 Å². The minimum absolute atomic E-state index is 0.0413. The van der Waals surface area contributed by atoms with Crippen LogP contribution in [0.2, 0.25) is 0 Å². The molecule has 0 amide bonds. The largest absolute Gasteiger partial charge is 0.493 e. The fourth-order valence-electron chi connectivity index (χ4n) is 1.79. The number of para-hydroxylation sites is 1. The summed E-state index contributed by atoms with van der Waals surface area (Å²) in [5, 5.41) is 3.70. The Balaban J connectivity index is 2.19. The first-order valence-corrected chi connectivity index (χ1v) is 6.00. The molecule has 0 spiro atoms. The van der Waals surface area contributed by atoms with Crippen LogP contribution in [0.15, 0.2) is 29.1 Å². The van der Waals surface area contributed by atoms with Crippen LogP contribution in [0.25, 0.3) is 0 Å². The number of nitrogens with two attached hydrogens (primary N) is 1. The van der Waals surface area contributed by atoms with Crippen molar-refractivity contribution < 1.29 is 14.0 Å². The standard InChI is InChI=1S/C13H17N3O3/c1-9(14)6-10-4-3-5-11(17-2)13(10)18-7-12-15-8-19-16-12/h3-5,8-9H,6-7,14H2,1-2H3. The third kappa shape index (κ3) is 3.45. The van der Waals surface area contributed by atoms with Crippen molar-refractivity contribution in [1.29, 1.82) is 0 Å². The van der Waals surface area contributed by atoms with E-state index in [9.17, 15) is 0 Å². The van der Waals surface area contributed by atoms with E-state index in [2.05, 4.69) is 14.7 Å². The fourth-order valence-corrected chi connectivity index (χ4v) is 1.79. The molecule has 1 heterocycles. The highest BCUT2D eigenvalue weighted by Gasteiger charge is 2.13. The Morgan fingerprint density at radius 1 is 1.42 bits per heavy atom. The molecular weight excluding hydrogens is 246 g/mol. The highest BCUT2D eigenvalue weighted by atomic mass is 16.5. The van der Waals surface area contributed by atoms with Crippen molar-refractivity contribution in [1.82, 2.24) is 10.1 Å². The van der Waals surface area contributed by atoms with Gasteiger partial charge in [-0.2, -0.15) is 4.98 Å². The lowest BCUT2D eigenvalue weighted by Crippen LogP contribution is -2.18. The number of nitrogens with zero attached hydrogens (tertiary/aromatic N) is 2. The third-order valence-corrected chi connectivity index (χ3v) is 2.57. The van der Waals surface area contributed by atoms with Gasteiger partial charge in [0.2, 0.25) is 12.2 Å². The Labute approximate surface area is 111 Å². The summed E-state index contributed by atoms with van der Waals surface area (Å²) in [6.07, 6.45) is 1.97. The molecule has 0 aliphatic carbocycles. The SMILES string of the molecule is COc1cccc(CC(C)N)c1OCc1ncon1. The Hall–Kier alpha value is -2.08. The number of ether oxygens (including phenoxy) is 2. The second-order valence-corrected chi connectivity index (χ2v) is 4.27. The molecule has 0 aliphatic rings. The average molecular weight is 263 g/mol. The van der Waals surface area contributed by atoms with Crippen LogP contribution in [-0.4, -0.2) is 23.3 Å². The molecule has 0 aliphatic heterocycles. The molecule has 2 rings (SSSR count). The molecule has 2 aromatic rings. The van der Waals surface area contributed by atoms with Gasteiger partial charge in [0, 0.05) is 6.04 Å². The van der Waals surface area contributed by atoms with Gasteiger partial charge in [0.25, 0.3) is 0 Å². The van der Waals surface area contributed by atoms with Crippen molar-refractivity contribution in [2.24, 2.45) is 5.73 Å². The minimum atomic E-state index is 0.0413. The van der Waals surface area contributed by atoms with Gasteiger partial charge in [0.1, 0.15) is 0 Å². The Morgan fingerprint density at radius 3 is 2.89 bits per heavy atom. The maximum atomic E-state index is 5.84. The molecule has 2 N–H and O–H groups in total. The molecule has 1 aromatic carbocycles. The van der Waals surface area contributed by atoms with Gasteiger partial charge >= 0.3 is 0 Å². The Kier molecular flexibility index (Phi) is 4.35. The summed E-state index contributed by atoms with van der Waals surface area (Å²) in [6, 6.07) is 5.77. The van der Waals surface area contributed by atoms with Gasteiger partial charge in [-0.05, 0) is 25.0 Å². The lowest BCUT2D eigenvalue weighted by molar-refractivity contribution is 0.266. The smallest absolute Gasteiger partial charge is 0.213 e. The number of methoxy groups -OCH3 is 1. The number of aromatic nitrogens is 2. The molecular formula is C13H17N3O3. The molecule has 0 radical (unpaired) electrons. The molecule has 0 saturated heterocycles. The van der Waals surface area contributed by atoms with E-state index in [1.807, 2.05) is 25.1 Å². The summed E-state index contributed by atoms with van der Waals surface area (Å²) in [5.74, 6) is 1.83. The van der Waals surface area contributed by atoms with Gasteiger partial charge < -0.3 is 19.7 Å². The van der Waals surface area contributed by atoms with E-state index in [0.717, 1.165) is 5.56 Å². The molecule has 102 valence electrons. The second kappa shape index (κ2) is 6.19. The lowest BCUT2D eigenvalue weighted by Gasteiger charge is -2.15. The van der Waals surface area contributed by atoms with Gasteiger partial charge in [-0.3, -0.25) is 0 Å². The van der Waals surface area contributed by atoms with Crippen LogP contribution in [0.1, 0.15) is 18.3 Å². The predicted molar refractivity (Wildman–Crippen MR) is 69.0 cm³/mol. The molecule has 1 atom stereocenters. The van der Waals surface area contributed by atoms with Crippen LogP contribution in [0.4, 0.5) is 0 Å². The van der Waals surface area contributed by atoms with E-state index < -0.39 is 0 Å². The van der Waals surface area contributed by atoms with Gasteiger partial charge in [-0.25, -0.2) is 0 Å². The zero-order valence-electron chi connectivity index (χ0n) is 11.0. The van der Waals surface area contributed by atoms with E-state index >= 15 is 0 Å². The fraction of sp³-hybridized carbons (Fsp3) is 0.385. The summed E-state index contributed by atoms with van der Waals surface area (Å²) >= 11 is 0. The van der Waals surface area contributed by atoms with E-state index in [0.29, 0.717) is 23.7 Å². The summed E-state index contributed by atoms with van der Waals surface area (Å²) in [5.41, 5.74) is 6.84. The maximum absolute atomic E-state index is 5.84. The highest BCUT2D eigenvalue weighted by molar-refractivity contribution is 5.47. The lowest BCUT2D eigenvalue weighted by atomic mass is 10.1. The van der Waals surface area contributed by atoms with Crippen molar-refractivity contribution >= 4 is 0 Å². The first-order chi connectivity index (χ1) is 9.20. The predicted octanol–water partition coefficient (Wildman–Crippen LogP) is 1.55. The first kappa shape index (κ1) is 13.4. The van der Waals surface area contributed by atoms with Crippen LogP contribution in [0, 0.1) is 0 Å². The number of hydrogen-bond donors (Lipinski definition) is 1. The van der Waals surface area contributed by atoms with Crippen molar-refractivity contribution in [2.75, 3.05) is 7.11 Å². The second-order valence-electron chi connectivity index (χ2n) is 4.27. The molecule has 1 unspecified atom stereocenters. The zero-order valence-corrected chi connectivity index (χ0v) is 11.0. The van der Waals surface area contributed by atoms with Crippen LogP contribution < -0.4 is 15.2 Å². The minimum Gasteiger partial charge on any atom is -0.493 e. The topological polar surface area (TPSA) is 83.4 Å². The summed E-state index contributed by atoms with van der Waals surface area (Å²) in [7, 11) is 1.60. The van der Waals surface area contributed by atoms with Crippen molar-refractivity contribution in [3.05, 3.63) is 36.0 Å². The highest BCUT2D eigenvalue weighted by Crippen LogP contribution is 2.32. The molecule has 0 saturated carbocycles. The van der Waals surface area contributed by atoms with E-state index in [1.54, 1.807) is 7.11 Å². The van der Waals surface area contributed by atoms with E-state index in [1.165, 1.54) is 6.39 Å². The monoisotopic (exact) mass is 263 g/mol. The first-order valence-electron chi connectivity index (χ1n) is 6.00. The third-order valence-electron chi connectivity index (χ3n) is 2.57. The molecule has 0 bridgehead atoms. The normalized spacial score (nSPS) is 12.2. The molecule has 6 nitrogen and oxygen atoms in total. The molecule has 19 heavy (non-hydrogen) atoms. The Bertz CT molecular complexity index is 512. The van der Waals surface area contributed by atoms with Crippen molar-refractivity contribution in [2.45, 2.75) is 26.0 Å². The van der Waals surface area contributed by atoms with Gasteiger partial charge in [0.05, 0.1) is 7.11 Å². The number of rotatable bonds is 6. The Morgan fingerprint density at radius 2 is 2.26 bits per heavy atom. The van der Waals surface area contributed by atoms with Crippen LogP contribution in [0.3, 0.4) is 0 Å². The van der Waals surface area contributed by atoms with Crippen LogP contribution in [0.5, 0.6) is 11.5 Å². The van der Waals surface area contributed by atoms with Crippen molar-refractivity contribution in [3.63, 3.8) is 0 Å². The summed E-state index contributed by atoms with van der Waals surface area (Å²) in [6.45, 7) is 2.17. The number of benzene rings is 1. The molecule has 0 fully saturated rings. The van der Waals surface area contributed by atoms with Crippen LogP contribution in [-0.2, 0) is 13.0 Å². The number of hydrogen-bond acceptors (Lipinski definition) is 6. The van der Waals surface area contributed by atoms with E-state index in [-0.39, 0.29) is 12.6 Å². The quantitative estimate of drug-likeness (QED) is 0.851. The summed E-state index contributed by atoms with van der Waals surface area (Å²) in [4.78, 5) is 3.91. The van der Waals surface area contributed by atoms with Crippen molar-refractivity contribution in [3.8, 4) is 11.5 Å². The zero-order chi connectivity index (χ0) is 13.7. The molecule has 6 heteroatoms. The van der Waals surface area contributed by atoms with Crippen LogP contribution >= 0.6 is 0 Å². The van der Waals surface area contributed by atoms with E-state index in [4.69, 9.17) is 15.2 Å². The summed E-state index contributed by atoms with van der Waals surface area (Å²) < 4.78 is 15.7. The van der Waals surface area contributed by atoms with Gasteiger partial charge in [0.15, 0.2) is 18.1 Å². The van der Waals surface area contributed by atoms with Gasteiger partial charge in [-0.15, -0.1) is 0 Å². The maximum Gasteiger partial charge on any atom is 0.213 e. The molecule has 1 aromatic heterocycles. The average Bonchev–Trinajstić information content (AvgIpc) is 2.89.